The number of carbonyl (C=O) groups is 1. The number of carbonyl (C=O) groups excluding carboxylic acids is 1. The number of nitrogens with zero attached hydrogens (tertiary/aromatic N) is 1. The molecule has 0 spiro atoms. The summed E-state index contributed by atoms with van der Waals surface area (Å²) in [6.07, 6.45) is 1.16. The maximum atomic E-state index is 12.5. The van der Waals surface area contributed by atoms with E-state index in [4.69, 9.17) is 9.47 Å². The molecule has 1 aromatic rings. The number of hydrogen-bond donors (Lipinski definition) is 1. The van der Waals surface area contributed by atoms with Gasteiger partial charge < -0.3 is 14.8 Å². The van der Waals surface area contributed by atoms with Crippen LogP contribution in [0.3, 0.4) is 0 Å². The second-order valence-electron chi connectivity index (χ2n) is 5.04. The van der Waals surface area contributed by atoms with Crippen molar-refractivity contribution >= 4 is 15.9 Å². The molecule has 1 amide bonds. The van der Waals surface area contributed by atoms with Crippen molar-refractivity contribution in [2.24, 2.45) is 0 Å². The molecule has 8 heteroatoms. The highest BCUT2D eigenvalue weighted by atomic mass is 32.2. The number of fused-ring (bicyclic) bond motifs is 1. The number of amides is 1. The lowest BCUT2D eigenvalue weighted by atomic mass is 10.2. The van der Waals surface area contributed by atoms with Crippen molar-refractivity contribution in [3.8, 4) is 11.5 Å². The minimum atomic E-state index is -3.59. The van der Waals surface area contributed by atoms with Gasteiger partial charge in [-0.15, -0.1) is 0 Å². The van der Waals surface area contributed by atoms with Crippen LogP contribution in [0.5, 0.6) is 11.5 Å². The molecule has 0 radical (unpaired) electrons. The molecule has 118 valence electrons. The van der Waals surface area contributed by atoms with Gasteiger partial charge in [0.05, 0.1) is 10.9 Å². The lowest BCUT2D eigenvalue weighted by Gasteiger charge is -2.38. The number of sulfonamides is 1. The molecular formula is C14H16N2O5S. The van der Waals surface area contributed by atoms with Crippen molar-refractivity contribution in [1.82, 2.24) is 9.62 Å². The van der Waals surface area contributed by atoms with Gasteiger partial charge in [0.15, 0.2) is 11.5 Å². The molecule has 0 aromatic heterocycles. The molecule has 0 atom stereocenters. The Hall–Kier alpha value is -2.06. The average Bonchev–Trinajstić information content (AvgIpc) is 2.49. The molecule has 0 unspecified atom stereocenters. The molecule has 7 nitrogen and oxygen atoms in total. The monoisotopic (exact) mass is 324 g/mol. The standard InChI is InChI=1S/C14H16N2O5S/c1-2-14(17)15-10-8-16(9-10)22(18,19)11-3-4-12-13(7-11)21-6-5-20-12/h2-4,7,10H,1,5-6,8-9H2,(H,15,17). The Bertz CT molecular complexity index is 710. The molecule has 3 rings (SSSR count). The fraction of sp³-hybridized carbons (Fsp3) is 0.357. The van der Waals surface area contributed by atoms with E-state index in [1.165, 1.54) is 16.4 Å². The molecule has 0 aliphatic carbocycles. The van der Waals surface area contributed by atoms with E-state index < -0.39 is 10.0 Å². The van der Waals surface area contributed by atoms with Gasteiger partial charge in [-0.3, -0.25) is 4.79 Å². The fourth-order valence-electron chi connectivity index (χ4n) is 2.32. The van der Waals surface area contributed by atoms with Crippen LogP contribution in [0, 0.1) is 0 Å². The molecule has 1 saturated heterocycles. The Balaban J connectivity index is 1.72. The predicted octanol–water partition coefficient (Wildman–Crippen LogP) is 0.133. The largest absolute Gasteiger partial charge is 0.486 e. The highest BCUT2D eigenvalue weighted by molar-refractivity contribution is 7.89. The zero-order valence-electron chi connectivity index (χ0n) is 11.8. The zero-order chi connectivity index (χ0) is 15.7. The van der Waals surface area contributed by atoms with Crippen LogP contribution in [0.4, 0.5) is 0 Å². The van der Waals surface area contributed by atoms with Crippen LogP contribution in [0.15, 0.2) is 35.7 Å². The summed E-state index contributed by atoms with van der Waals surface area (Å²) in [7, 11) is -3.59. The van der Waals surface area contributed by atoms with E-state index in [1.54, 1.807) is 6.07 Å². The third-order valence-electron chi connectivity index (χ3n) is 3.53. The van der Waals surface area contributed by atoms with Gasteiger partial charge in [-0.1, -0.05) is 6.58 Å². The van der Waals surface area contributed by atoms with Crippen LogP contribution < -0.4 is 14.8 Å². The summed E-state index contributed by atoms with van der Waals surface area (Å²) in [6, 6.07) is 4.38. The summed E-state index contributed by atoms with van der Waals surface area (Å²) in [4.78, 5) is 11.3. The molecule has 2 aliphatic rings. The molecule has 0 saturated carbocycles. The highest BCUT2D eigenvalue weighted by Crippen LogP contribution is 2.33. The van der Waals surface area contributed by atoms with E-state index in [0.717, 1.165) is 6.08 Å². The van der Waals surface area contributed by atoms with E-state index >= 15 is 0 Å². The molecule has 1 fully saturated rings. The third-order valence-corrected chi connectivity index (χ3v) is 5.36. The first-order valence-corrected chi connectivity index (χ1v) is 8.27. The lowest BCUT2D eigenvalue weighted by molar-refractivity contribution is -0.117. The van der Waals surface area contributed by atoms with Crippen molar-refractivity contribution in [2.75, 3.05) is 26.3 Å². The summed E-state index contributed by atoms with van der Waals surface area (Å²) >= 11 is 0. The average molecular weight is 324 g/mol. The first kappa shape index (κ1) is 14.9. The molecular weight excluding hydrogens is 308 g/mol. The Morgan fingerprint density at radius 2 is 1.95 bits per heavy atom. The number of benzene rings is 1. The van der Waals surface area contributed by atoms with Crippen LogP contribution in [0.25, 0.3) is 0 Å². The minimum absolute atomic E-state index is 0.158. The van der Waals surface area contributed by atoms with E-state index in [9.17, 15) is 13.2 Å². The van der Waals surface area contributed by atoms with Crippen LogP contribution in [-0.2, 0) is 14.8 Å². The summed E-state index contributed by atoms with van der Waals surface area (Å²) in [5.74, 6) is 0.677. The summed E-state index contributed by atoms with van der Waals surface area (Å²) in [5, 5.41) is 2.66. The SMILES string of the molecule is C=CC(=O)NC1CN(S(=O)(=O)c2ccc3c(c2)OCCO3)C1. The van der Waals surface area contributed by atoms with Gasteiger partial charge >= 0.3 is 0 Å². The summed E-state index contributed by atoms with van der Waals surface area (Å²) < 4.78 is 37.1. The smallest absolute Gasteiger partial charge is 0.243 e. The predicted molar refractivity (Wildman–Crippen MR) is 78.3 cm³/mol. The quantitative estimate of drug-likeness (QED) is 0.796. The minimum Gasteiger partial charge on any atom is -0.486 e. The van der Waals surface area contributed by atoms with Gasteiger partial charge in [0.2, 0.25) is 15.9 Å². The maximum absolute atomic E-state index is 12.5. The van der Waals surface area contributed by atoms with E-state index in [-0.39, 0.29) is 29.9 Å². The molecule has 0 bridgehead atoms. The second kappa shape index (κ2) is 5.62. The van der Waals surface area contributed by atoms with Gasteiger partial charge in [0.1, 0.15) is 13.2 Å². The van der Waals surface area contributed by atoms with Crippen LogP contribution in [0.2, 0.25) is 0 Å². The Kier molecular flexibility index (Phi) is 3.79. The fourth-order valence-corrected chi connectivity index (χ4v) is 3.87. The van der Waals surface area contributed by atoms with Crippen molar-refractivity contribution in [1.29, 1.82) is 0 Å². The number of hydrogen-bond acceptors (Lipinski definition) is 5. The summed E-state index contributed by atoms with van der Waals surface area (Å²) in [5.41, 5.74) is 0. The van der Waals surface area contributed by atoms with Crippen LogP contribution in [0.1, 0.15) is 0 Å². The molecule has 2 aliphatic heterocycles. The van der Waals surface area contributed by atoms with E-state index in [0.29, 0.717) is 24.7 Å². The number of nitrogens with one attached hydrogen (secondary N) is 1. The van der Waals surface area contributed by atoms with E-state index in [1.807, 2.05) is 0 Å². The van der Waals surface area contributed by atoms with Gasteiger partial charge in [-0.05, 0) is 18.2 Å². The zero-order valence-corrected chi connectivity index (χ0v) is 12.6. The highest BCUT2D eigenvalue weighted by Gasteiger charge is 2.37. The first-order chi connectivity index (χ1) is 10.5. The third kappa shape index (κ3) is 2.67. The first-order valence-electron chi connectivity index (χ1n) is 6.83. The second-order valence-corrected chi connectivity index (χ2v) is 6.98. The lowest BCUT2D eigenvalue weighted by Crippen LogP contribution is -2.60. The normalized spacial score (nSPS) is 18.4. The van der Waals surface area contributed by atoms with Crippen molar-refractivity contribution < 1.29 is 22.7 Å². The number of ether oxygens (including phenoxy) is 2. The molecule has 2 heterocycles. The van der Waals surface area contributed by atoms with Gasteiger partial charge in [0, 0.05) is 19.2 Å². The Morgan fingerprint density at radius 3 is 2.64 bits per heavy atom. The van der Waals surface area contributed by atoms with Crippen molar-refractivity contribution in [3.05, 3.63) is 30.9 Å². The Labute approximate surface area is 128 Å². The van der Waals surface area contributed by atoms with E-state index in [2.05, 4.69) is 11.9 Å². The van der Waals surface area contributed by atoms with Gasteiger partial charge in [-0.2, -0.15) is 4.31 Å². The van der Waals surface area contributed by atoms with Gasteiger partial charge in [0.25, 0.3) is 0 Å². The summed E-state index contributed by atoms with van der Waals surface area (Å²) in [6.45, 7) is 4.70. The van der Waals surface area contributed by atoms with Gasteiger partial charge in [-0.25, -0.2) is 8.42 Å². The maximum Gasteiger partial charge on any atom is 0.243 e. The molecule has 22 heavy (non-hydrogen) atoms. The molecule has 1 N–H and O–H groups in total. The van der Waals surface area contributed by atoms with Crippen molar-refractivity contribution in [2.45, 2.75) is 10.9 Å². The number of rotatable bonds is 4. The van der Waals surface area contributed by atoms with Crippen LogP contribution in [-0.4, -0.2) is 51.0 Å². The Morgan fingerprint density at radius 1 is 1.27 bits per heavy atom. The van der Waals surface area contributed by atoms with Crippen LogP contribution >= 0.6 is 0 Å². The molecule has 1 aromatic carbocycles. The van der Waals surface area contributed by atoms with Crippen molar-refractivity contribution in [3.63, 3.8) is 0 Å². The topological polar surface area (TPSA) is 84.9 Å².